The largest absolute Gasteiger partial charge is 0.368 e. The predicted molar refractivity (Wildman–Crippen MR) is 83.0 cm³/mol. The number of fused-ring (bicyclic) bond motifs is 1. The van der Waals surface area contributed by atoms with E-state index in [1.807, 2.05) is 32.2 Å². The molecule has 2 rings (SSSR count). The molecule has 0 fully saturated rings. The number of amides is 1. The number of carbonyl (C=O) groups excluding carboxylic acids is 1. The molecule has 6 nitrogen and oxygen atoms in total. The standard InChI is InChI=1S/C13H19N5OS/c1-4-15-13-17-11(8-5-6-20-12(8)18-13)16-9(7(2)3)10(14)19/h5-7,9H,4H2,1-3H3,(H2,14,19)(H2,15,16,17,18). The smallest absolute Gasteiger partial charge is 0.240 e. The van der Waals surface area contributed by atoms with Gasteiger partial charge in [0.2, 0.25) is 11.9 Å². The van der Waals surface area contributed by atoms with E-state index in [4.69, 9.17) is 5.73 Å². The van der Waals surface area contributed by atoms with Gasteiger partial charge in [-0.1, -0.05) is 13.8 Å². The monoisotopic (exact) mass is 293 g/mol. The van der Waals surface area contributed by atoms with Crippen molar-refractivity contribution in [2.45, 2.75) is 26.8 Å². The first-order valence-corrected chi connectivity index (χ1v) is 7.45. The fraction of sp³-hybridized carbons (Fsp3) is 0.462. The summed E-state index contributed by atoms with van der Waals surface area (Å²) < 4.78 is 0. The van der Waals surface area contributed by atoms with Crippen LogP contribution in [0.5, 0.6) is 0 Å². The van der Waals surface area contributed by atoms with Crippen molar-refractivity contribution < 1.29 is 4.79 Å². The van der Waals surface area contributed by atoms with Crippen LogP contribution in [0, 0.1) is 5.92 Å². The summed E-state index contributed by atoms with van der Waals surface area (Å²) in [6.07, 6.45) is 0. The average Bonchev–Trinajstić information content (AvgIpc) is 2.83. The Morgan fingerprint density at radius 1 is 1.45 bits per heavy atom. The number of carbonyl (C=O) groups is 1. The minimum Gasteiger partial charge on any atom is -0.368 e. The molecule has 0 bridgehead atoms. The van der Waals surface area contributed by atoms with Crippen molar-refractivity contribution in [2.75, 3.05) is 17.2 Å². The minimum atomic E-state index is -0.456. The summed E-state index contributed by atoms with van der Waals surface area (Å²) in [5.74, 6) is 0.896. The van der Waals surface area contributed by atoms with Gasteiger partial charge in [0.25, 0.3) is 0 Å². The number of nitrogens with two attached hydrogens (primary N) is 1. The van der Waals surface area contributed by atoms with Crippen LogP contribution in [0.2, 0.25) is 0 Å². The molecule has 20 heavy (non-hydrogen) atoms. The van der Waals surface area contributed by atoms with Gasteiger partial charge in [0.15, 0.2) is 0 Å². The van der Waals surface area contributed by atoms with Crippen molar-refractivity contribution in [3.8, 4) is 0 Å². The van der Waals surface area contributed by atoms with Gasteiger partial charge in [-0.3, -0.25) is 4.79 Å². The fourth-order valence-electron chi connectivity index (χ4n) is 1.92. The van der Waals surface area contributed by atoms with E-state index in [2.05, 4.69) is 20.6 Å². The summed E-state index contributed by atoms with van der Waals surface area (Å²) in [5.41, 5.74) is 5.44. The zero-order valence-corrected chi connectivity index (χ0v) is 12.6. The maximum Gasteiger partial charge on any atom is 0.240 e. The van der Waals surface area contributed by atoms with Crippen LogP contribution in [0.4, 0.5) is 11.8 Å². The predicted octanol–water partition coefficient (Wildman–Crippen LogP) is 2.04. The number of nitrogens with one attached hydrogen (secondary N) is 2. The highest BCUT2D eigenvalue weighted by Gasteiger charge is 2.21. The number of primary amides is 1. The van der Waals surface area contributed by atoms with E-state index in [0.29, 0.717) is 11.8 Å². The van der Waals surface area contributed by atoms with Crippen LogP contribution >= 0.6 is 11.3 Å². The molecule has 7 heteroatoms. The van der Waals surface area contributed by atoms with Crippen LogP contribution in [0.1, 0.15) is 20.8 Å². The topological polar surface area (TPSA) is 92.9 Å². The second kappa shape index (κ2) is 6.04. The molecular weight excluding hydrogens is 274 g/mol. The average molecular weight is 293 g/mol. The lowest BCUT2D eigenvalue weighted by atomic mass is 10.0. The summed E-state index contributed by atoms with van der Waals surface area (Å²) in [4.78, 5) is 21.3. The number of thiophene rings is 1. The van der Waals surface area contributed by atoms with Gasteiger partial charge in [-0.05, 0) is 24.3 Å². The molecule has 1 amide bonds. The normalized spacial score (nSPS) is 12.6. The molecule has 2 aromatic rings. The van der Waals surface area contributed by atoms with Crippen LogP contribution in [0.3, 0.4) is 0 Å². The molecule has 0 aliphatic carbocycles. The van der Waals surface area contributed by atoms with Crippen molar-refractivity contribution in [1.82, 2.24) is 9.97 Å². The van der Waals surface area contributed by atoms with Gasteiger partial charge in [0.1, 0.15) is 16.7 Å². The first-order valence-electron chi connectivity index (χ1n) is 6.58. The first-order chi connectivity index (χ1) is 9.52. The van der Waals surface area contributed by atoms with E-state index in [1.165, 1.54) is 11.3 Å². The van der Waals surface area contributed by atoms with Gasteiger partial charge >= 0.3 is 0 Å². The molecule has 108 valence electrons. The lowest BCUT2D eigenvalue weighted by Crippen LogP contribution is -2.39. The van der Waals surface area contributed by atoms with Crippen molar-refractivity contribution in [2.24, 2.45) is 11.7 Å². The van der Waals surface area contributed by atoms with Gasteiger partial charge in [-0.15, -0.1) is 11.3 Å². The number of aromatic nitrogens is 2. The summed E-state index contributed by atoms with van der Waals surface area (Å²) >= 11 is 1.54. The van der Waals surface area contributed by atoms with Crippen LogP contribution in [0.15, 0.2) is 11.4 Å². The summed E-state index contributed by atoms with van der Waals surface area (Å²) in [7, 11) is 0. The van der Waals surface area contributed by atoms with Gasteiger partial charge < -0.3 is 16.4 Å². The fourth-order valence-corrected chi connectivity index (χ4v) is 2.68. The Labute approximate surface area is 121 Å². The number of hydrogen-bond donors (Lipinski definition) is 3. The Balaban J connectivity index is 2.40. The minimum absolute atomic E-state index is 0.0822. The van der Waals surface area contributed by atoms with E-state index < -0.39 is 6.04 Å². The van der Waals surface area contributed by atoms with E-state index in [9.17, 15) is 4.79 Å². The number of anilines is 2. The second-order valence-corrected chi connectivity index (χ2v) is 5.73. The molecule has 0 aliphatic rings. The van der Waals surface area contributed by atoms with Gasteiger partial charge in [0.05, 0.1) is 5.39 Å². The maximum absolute atomic E-state index is 11.5. The lowest BCUT2D eigenvalue weighted by Gasteiger charge is -2.20. The molecule has 0 spiro atoms. The molecule has 0 saturated heterocycles. The molecule has 0 aliphatic heterocycles. The van der Waals surface area contributed by atoms with Gasteiger partial charge in [0, 0.05) is 6.54 Å². The highest BCUT2D eigenvalue weighted by Crippen LogP contribution is 2.27. The highest BCUT2D eigenvalue weighted by molar-refractivity contribution is 7.16. The van der Waals surface area contributed by atoms with Crippen LogP contribution < -0.4 is 16.4 Å². The van der Waals surface area contributed by atoms with E-state index in [0.717, 1.165) is 16.8 Å². The van der Waals surface area contributed by atoms with Crippen molar-refractivity contribution >= 4 is 39.2 Å². The second-order valence-electron chi connectivity index (χ2n) is 4.83. The summed E-state index contributed by atoms with van der Waals surface area (Å²) in [5, 5.41) is 9.10. The molecule has 4 N–H and O–H groups in total. The number of rotatable bonds is 6. The Morgan fingerprint density at radius 3 is 2.80 bits per heavy atom. The van der Waals surface area contributed by atoms with Crippen molar-refractivity contribution in [3.05, 3.63) is 11.4 Å². The van der Waals surface area contributed by atoms with Crippen LogP contribution in [-0.2, 0) is 4.79 Å². The lowest BCUT2D eigenvalue weighted by molar-refractivity contribution is -0.119. The molecule has 0 radical (unpaired) electrons. The quantitative estimate of drug-likeness (QED) is 0.758. The highest BCUT2D eigenvalue weighted by atomic mass is 32.1. The molecule has 2 aromatic heterocycles. The Bertz CT molecular complexity index is 610. The van der Waals surface area contributed by atoms with Gasteiger partial charge in [-0.25, -0.2) is 4.98 Å². The summed E-state index contributed by atoms with van der Waals surface area (Å²) in [6.45, 7) is 6.61. The van der Waals surface area contributed by atoms with Crippen LogP contribution in [-0.4, -0.2) is 28.5 Å². The Hall–Kier alpha value is -1.89. The van der Waals surface area contributed by atoms with Gasteiger partial charge in [-0.2, -0.15) is 4.98 Å². The molecule has 0 saturated carbocycles. The molecule has 1 unspecified atom stereocenters. The van der Waals surface area contributed by atoms with Crippen molar-refractivity contribution in [1.29, 1.82) is 0 Å². The molecular formula is C13H19N5OS. The number of hydrogen-bond acceptors (Lipinski definition) is 6. The Morgan fingerprint density at radius 2 is 2.20 bits per heavy atom. The third-order valence-corrected chi connectivity index (χ3v) is 3.73. The third kappa shape index (κ3) is 2.98. The first kappa shape index (κ1) is 14.5. The van der Waals surface area contributed by atoms with E-state index >= 15 is 0 Å². The molecule has 1 atom stereocenters. The Kier molecular flexibility index (Phi) is 4.39. The SMILES string of the molecule is CCNc1nc(NC(C(N)=O)C(C)C)c2ccsc2n1. The molecule has 2 heterocycles. The molecule has 0 aromatic carbocycles. The maximum atomic E-state index is 11.5. The number of nitrogens with zero attached hydrogens (tertiary/aromatic N) is 2. The van der Waals surface area contributed by atoms with Crippen molar-refractivity contribution in [3.63, 3.8) is 0 Å². The zero-order valence-electron chi connectivity index (χ0n) is 11.8. The third-order valence-electron chi connectivity index (χ3n) is 2.93. The van der Waals surface area contributed by atoms with E-state index in [1.54, 1.807) is 0 Å². The summed E-state index contributed by atoms with van der Waals surface area (Å²) in [6, 6.07) is 1.48. The van der Waals surface area contributed by atoms with Crippen LogP contribution in [0.25, 0.3) is 10.2 Å². The zero-order chi connectivity index (χ0) is 14.7. The van der Waals surface area contributed by atoms with E-state index in [-0.39, 0.29) is 11.8 Å².